The molecule has 6 nitrogen and oxygen atoms in total. The summed E-state index contributed by atoms with van der Waals surface area (Å²) in [6.07, 6.45) is 1.48. The molecule has 6 heteroatoms. The largest absolute Gasteiger partial charge is 0.496 e. The van der Waals surface area contributed by atoms with Crippen LogP contribution >= 0.6 is 0 Å². The molecule has 0 amide bonds. The van der Waals surface area contributed by atoms with E-state index in [9.17, 15) is 9.59 Å². The lowest BCUT2D eigenvalue weighted by Crippen LogP contribution is -2.15. The van der Waals surface area contributed by atoms with E-state index in [-0.39, 0.29) is 18.6 Å². The first-order chi connectivity index (χ1) is 13.5. The lowest BCUT2D eigenvalue weighted by molar-refractivity contribution is -0.144. The Hall–Kier alpha value is -3.54. The average molecular weight is 380 g/mol. The Bertz CT molecular complexity index is 1080. The van der Waals surface area contributed by atoms with E-state index in [0.29, 0.717) is 39.4 Å². The molecule has 0 aliphatic carbocycles. The van der Waals surface area contributed by atoms with Gasteiger partial charge >= 0.3 is 5.97 Å². The van der Waals surface area contributed by atoms with Gasteiger partial charge in [0.25, 0.3) is 0 Å². The predicted molar refractivity (Wildman–Crippen MR) is 106 cm³/mol. The number of hydrogen-bond acceptors (Lipinski definition) is 6. The number of ether oxygens (including phenoxy) is 3. The Morgan fingerprint density at radius 3 is 2.75 bits per heavy atom. The third-order valence-electron chi connectivity index (χ3n) is 4.14. The lowest BCUT2D eigenvalue weighted by atomic mass is 10.0. The summed E-state index contributed by atoms with van der Waals surface area (Å²) in [5.74, 6) is 0.944. The van der Waals surface area contributed by atoms with E-state index >= 15 is 0 Å². The third kappa shape index (κ3) is 3.91. The maximum absolute atomic E-state index is 13.1. The smallest absolute Gasteiger partial charge is 0.344 e. The molecule has 0 N–H and O–H groups in total. The Kier molecular flexibility index (Phi) is 5.79. The van der Waals surface area contributed by atoms with Gasteiger partial charge in [0.15, 0.2) is 6.61 Å². The first-order valence-corrected chi connectivity index (χ1v) is 8.65. The molecule has 28 heavy (non-hydrogen) atoms. The van der Waals surface area contributed by atoms with Gasteiger partial charge in [0, 0.05) is 11.6 Å². The number of rotatable bonds is 7. The molecule has 0 bridgehead atoms. The molecule has 0 radical (unpaired) electrons. The summed E-state index contributed by atoms with van der Waals surface area (Å²) in [5.41, 5.74) is 1.33. The van der Waals surface area contributed by atoms with Gasteiger partial charge in [-0.3, -0.25) is 4.79 Å². The molecule has 0 spiro atoms. The van der Waals surface area contributed by atoms with Crippen molar-refractivity contribution >= 4 is 16.9 Å². The van der Waals surface area contributed by atoms with E-state index in [1.807, 2.05) is 18.2 Å². The summed E-state index contributed by atoms with van der Waals surface area (Å²) < 4.78 is 21.5. The normalized spacial score (nSPS) is 10.5. The minimum Gasteiger partial charge on any atom is -0.496 e. The Balaban J connectivity index is 1.96. The maximum atomic E-state index is 13.1. The molecule has 0 aliphatic rings. The highest BCUT2D eigenvalue weighted by atomic mass is 16.6. The van der Waals surface area contributed by atoms with Crippen molar-refractivity contribution < 1.29 is 23.4 Å². The summed E-state index contributed by atoms with van der Waals surface area (Å²) in [4.78, 5) is 24.6. The molecule has 144 valence electrons. The zero-order chi connectivity index (χ0) is 20.1. The molecule has 1 heterocycles. The van der Waals surface area contributed by atoms with Crippen molar-refractivity contribution in [3.63, 3.8) is 0 Å². The fraction of sp³-hybridized carbons (Fsp3) is 0.182. The monoisotopic (exact) mass is 380 g/mol. The van der Waals surface area contributed by atoms with Gasteiger partial charge in [0.2, 0.25) is 5.43 Å². The van der Waals surface area contributed by atoms with Crippen LogP contribution < -0.4 is 14.9 Å². The number of carbonyl (C=O) groups excluding carboxylic acids is 1. The second-order valence-corrected chi connectivity index (χ2v) is 5.98. The van der Waals surface area contributed by atoms with Crippen LogP contribution in [0.15, 0.2) is 64.3 Å². The van der Waals surface area contributed by atoms with Gasteiger partial charge in [-0.15, -0.1) is 0 Å². The van der Waals surface area contributed by atoms with Crippen molar-refractivity contribution in [2.45, 2.75) is 6.92 Å². The van der Waals surface area contributed by atoms with E-state index in [2.05, 4.69) is 6.58 Å². The van der Waals surface area contributed by atoms with Crippen LogP contribution in [-0.4, -0.2) is 26.3 Å². The lowest BCUT2D eigenvalue weighted by Gasteiger charge is -2.11. The number of fused-ring (bicyclic) bond motifs is 1. The van der Waals surface area contributed by atoms with Gasteiger partial charge in [-0.2, -0.15) is 0 Å². The predicted octanol–water partition coefficient (Wildman–Crippen LogP) is 3.89. The number of methoxy groups -OCH3 is 1. The van der Waals surface area contributed by atoms with Crippen molar-refractivity contribution in [2.24, 2.45) is 0 Å². The molecular formula is C22H20O6. The molecule has 3 aromatic rings. The summed E-state index contributed by atoms with van der Waals surface area (Å²) >= 11 is 0. The number of aryl methyl sites for hydroxylation is 1. The number of benzene rings is 2. The first kappa shape index (κ1) is 19.2. The minimum atomic E-state index is -0.510. The summed E-state index contributed by atoms with van der Waals surface area (Å²) in [7, 11) is 1.56. The average Bonchev–Trinajstić information content (AvgIpc) is 2.70. The molecule has 0 unspecified atom stereocenters. The van der Waals surface area contributed by atoms with Crippen LogP contribution in [-0.2, 0) is 9.53 Å². The number of carbonyl (C=O) groups is 1. The fourth-order valence-electron chi connectivity index (χ4n) is 2.87. The van der Waals surface area contributed by atoms with Gasteiger partial charge in [-0.1, -0.05) is 30.9 Å². The molecule has 2 aromatic carbocycles. The van der Waals surface area contributed by atoms with Crippen LogP contribution in [0.3, 0.4) is 0 Å². The Labute approximate surface area is 162 Å². The van der Waals surface area contributed by atoms with Gasteiger partial charge in [0.1, 0.15) is 29.4 Å². The van der Waals surface area contributed by atoms with Crippen LogP contribution in [0.2, 0.25) is 0 Å². The molecule has 3 rings (SSSR count). The molecule has 0 atom stereocenters. The highest BCUT2D eigenvalue weighted by molar-refractivity contribution is 5.85. The van der Waals surface area contributed by atoms with Crippen molar-refractivity contribution in [1.82, 2.24) is 0 Å². The van der Waals surface area contributed by atoms with E-state index in [1.165, 1.54) is 6.08 Å². The van der Waals surface area contributed by atoms with Gasteiger partial charge in [-0.25, -0.2) is 4.79 Å². The fourth-order valence-corrected chi connectivity index (χ4v) is 2.87. The van der Waals surface area contributed by atoms with Crippen LogP contribution in [0.5, 0.6) is 11.5 Å². The highest BCUT2D eigenvalue weighted by Crippen LogP contribution is 2.32. The summed E-state index contributed by atoms with van der Waals surface area (Å²) in [5, 5.41) is 0.410. The SMILES string of the molecule is C=CCOC(=O)COc1ccc2c(=O)c(-c3ccccc3OC)c(C)oc2c1. The van der Waals surface area contributed by atoms with Crippen molar-refractivity contribution in [3.8, 4) is 22.6 Å². The summed E-state index contributed by atoms with van der Waals surface area (Å²) in [6.45, 7) is 5.08. The minimum absolute atomic E-state index is 0.125. The van der Waals surface area contributed by atoms with E-state index in [4.69, 9.17) is 18.6 Å². The van der Waals surface area contributed by atoms with Crippen molar-refractivity contribution in [2.75, 3.05) is 20.3 Å². The number of esters is 1. The topological polar surface area (TPSA) is 75.0 Å². The van der Waals surface area contributed by atoms with E-state index in [1.54, 1.807) is 38.3 Å². The second kappa shape index (κ2) is 8.43. The molecule has 0 saturated carbocycles. The molecule has 1 aromatic heterocycles. The number of hydrogen-bond donors (Lipinski definition) is 0. The van der Waals surface area contributed by atoms with E-state index in [0.717, 1.165) is 0 Å². The Morgan fingerprint density at radius 2 is 2.00 bits per heavy atom. The van der Waals surface area contributed by atoms with E-state index < -0.39 is 5.97 Å². The zero-order valence-corrected chi connectivity index (χ0v) is 15.7. The third-order valence-corrected chi connectivity index (χ3v) is 4.14. The highest BCUT2D eigenvalue weighted by Gasteiger charge is 2.17. The zero-order valence-electron chi connectivity index (χ0n) is 15.7. The van der Waals surface area contributed by atoms with Crippen molar-refractivity contribution in [3.05, 3.63) is 71.1 Å². The summed E-state index contributed by atoms with van der Waals surface area (Å²) in [6, 6.07) is 12.1. The van der Waals surface area contributed by atoms with Crippen LogP contribution in [0.4, 0.5) is 0 Å². The maximum Gasteiger partial charge on any atom is 0.344 e. The second-order valence-electron chi connectivity index (χ2n) is 5.98. The van der Waals surface area contributed by atoms with Gasteiger partial charge in [0.05, 0.1) is 18.1 Å². The van der Waals surface area contributed by atoms with Crippen molar-refractivity contribution in [1.29, 1.82) is 0 Å². The van der Waals surface area contributed by atoms with Gasteiger partial charge < -0.3 is 18.6 Å². The number of para-hydroxylation sites is 1. The Morgan fingerprint density at radius 1 is 1.21 bits per heavy atom. The quantitative estimate of drug-likeness (QED) is 0.457. The molecule has 0 fully saturated rings. The van der Waals surface area contributed by atoms with Crippen LogP contribution in [0.25, 0.3) is 22.1 Å². The first-order valence-electron chi connectivity index (χ1n) is 8.65. The van der Waals surface area contributed by atoms with Crippen LogP contribution in [0.1, 0.15) is 5.76 Å². The molecular weight excluding hydrogens is 360 g/mol. The molecule has 0 aliphatic heterocycles. The standard InChI is InChI=1S/C22H20O6/c1-4-11-26-20(23)13-27-15-9-10-17-19(12-15)28-14(2)21(22(17)24)16-7-5-6-8-18(16)25-3/h4-10,12H,1,11,13H2,2-3H3. The van der Waals surface area contributed by atoms with Crippen LogP contribution in [0, 0.1) is 6.92 Å². The van der Waals surface area contributed by atoms with Gasteiger partial charge in [-0.05, 0) is 25.1 Å². The molecule has 0 saturated heterocycles.